The van der Waals surface area contributed by atoms with Crippen LogP contribution in [0.3, 0.4) is 0 Å². The highest BCUT2D eigenvalue weighted by Gasteiger charge is 2.27. The molecule has 0 aromatic carbocycles. The van der Waals surface area contributed by atoms with Gasteiger partial charge in [0.2, 0.25) is 0 Å². The fraction of sp³-hybridized carbons (Fsp3) is 1.00. The van der Waals surface area contributed by atoms with Crippen LogP contribution in [-0.4, -0.2) is 12.6 Å². The van der Waals surface area contributed by atoms with Crippen LogP contribution in [-0.2, 0) is 0 Å². The summed E-state index contributed by atoms with van der Waals surface area (Å²) < 4.78 is 0. The molecule has 0 aliphatic carbocycles. The molecule has 0 spiro atoms. The van der Waals surface area contributed by atoms with Gasteiger partial charge in [-0.05, 0) is 17.8 Å². The molecule has 1 N–H and O–H groups in total. The number of hydrogen-bond acceptors (Lipinski definition) is 1. The van der Waals surface area contributed by atoms with Crippen molar-refractivity contribution in [2.45, 2.75) is 105 Å². The van der Waals surface area contributed by atoms with Crippen molar-refractivity contribution >= 4 is 0 Å². The molecular formula is C19H41N. The molecule has 20 heavy (non-hydrogen) atoms. The van der Waals surface area contributed by atoms with Crippen molar-refractivity contribution in [3.63, 3.8) is 0 Å². The van der Waals surface area contributed by atoms with Crippen molar-refractivity contribution in [3.05, 3.63) is 0 Å². The minimum Gasteiger partial charge on any atom is -0.314 e. The van der Waals surface area contributed by atoms with Crippen LogP contribution >= 0.6 is 0 Å². The van der Waals surface area contributed by atoms with E-state index >= 15 is 0 Å². The van der Waals surface area contributed by atoms with Crippen LogP contribution in [0.25, 0.3) is 0 Å². The zero-order chi connectivity index (χ0) is 15.4. The molecule has 1 unspecified atom stereocenters. The smallest absolute Gasteiger partial charge is 0.00106 e. The molecule has 1 atom stereocenters. The lowest BCUT2D eigenvalue weighted by Gasteiger charge is -2.35. The average molecular weight is 284 g/mol. The first-order chi connectivity index (χ1) is 9.42. The van der Waals surface area contributed by atoms with E-state index in [1.807, 2.05) is 0 Å². The molecule has 1 nitrogen and oxygen atoms in total. The van der Waals surface area contributed by atoms with E-state index in [2.05, 4.69) is 46.9 Å². The predicted octanol–water partition coefficient (Wildman–Crippen LogP) is 6.18. The van der Waals surface area contributed by atoms with Gasteiger partial charge in [-0.1, -0.05) is 92.9 Å². The summed E-state index contributed by atoms with van der Waals surface area (Å²) in [6, 6.07) is 0.603. The van der Waals surface area contributed by atoms with E-state index in [9.17, 15) is 0 Å². The van der Waals surface area contributed by atoms with Crippen LogP contribution in [0.4, 0.5) is 0 Å². The zero-order valence-electron chi connectivity index (χ0n) is 15.2. The van der Waals surface area contributed by atoms with E-state index in [1.54, 1.807) is 0 Å². The fourth-order valence-corrected chi connectivity index (χ4v) is 2.68. The van der Waals surface area contributed by atoms with Crippen LogP contribution < -0.4 is 5.32 Å². The maximum absolute atomic E-state index is 3.64. The molecule has 0 bridgehead atoms. The van der Waals surface area contributed by atoms with Gasteiger partial charge in [0.05, 0.1) is 0 Å². The Labute approximate surface area is 129 Å². The van der Waals surface area contributed by atoms with Crippen molar-refractivity contribution in [1.82, 2.24) is 5.32 Å². The van der Waals surface area contributed by atoms with Crippen molar-refractivity contribution in [3.8, 4) is 0 Å². The molecule has 0 aliphatic rings. The molecule has 0 saturated heterocycles. The predicted molar refractivity (Wildman–Crippen MR) is 93.3 cm³/mol. The molecule has 1 heteroatoms. The Balaban J connectivity index is 3.75. The van der Waals surface area contributed by atoms with Crippen LogP contribution in [0.15, 0.2) is 0 Å². The largest absolute Gasteiger partial charge is 0.314 e. The molecule has 0 aromatic rings. The van der Waals surface area contributed by atoms with E-state index in [4.69, 9.17) is 0 Å². The van der Waals surface area contributed by atoms with Gasteiger partial charge in [-0.3, -0.25) is 0 Å². The Hall–Kier alpha value is -0.0400. The zero-order valence-corrected chi connectivity index (χ0v) is 15.2. The Morgan fingerprint density at radius 1 is 0.800 bits per heavy atom. The van der Waals surface area contributed by atoms with E-state index in [1.165, 1.54) is 64.3 Å². The first-order valence-electron chi connectivity index (χ1n) is 9.15. The van der Waals surface area contributed by atoms with Gasteiger partial charge >= 0.3 is 0 Å². The normalized spacial score (nSPS) is 15.0. The summed E-state index contributed by atoms with van der Waals surface area (Å²) in [5.74, 6) is 0.762. The van der Waals surface area contributed by atoms with Crippen molar-refractivity contribution in [1.29, 1.82) is 0 Å². The summed E-state index contributed by atoms with van der Waals surface area (Å²) >= 11 is 0. The van der Waals surface area contributed by atoms with Crippen LogP contribution in [0, 0.1) is 11.3 Å². The quantitative estimate of drug-likeness (QED) is 0.398. The second-order valence-corrected chi connectivity index (χ2v) is 7.57. The SMILES string of the molecule is CCCCCCCCCCC(C)(CNC(C)C)C(C)C. The highest BCUT2D eigenvalue weighted by atomic mass is 14.9. The summed E-state index contributed by atoms with van der Waals surface area (Å²) in [5, 5.41) is 3.64. The Bertz CT molecular complexity index is 210. The van der Waals surface area contributed by atoms with Gasteiger partial charge in [0.25, 0.3) is 0 Å². The molecule has 0 radical (unpaired) electrons. The van der Waals surface area contributed by atoms with Crippen molar-refractivity contribution in [2.24, 2.45) is 11.3 Å². The molecule has 0 saturated carbocycles. The first-order valence-corrected chi connectivity index (χ1v) is 9.15. The van der Waals surface area contributed by atoms with E-state index in [-0.39, 0.29) is 0 Å². The van der Waals surface area contributed by atoms with Gasteiger partial charge in [0.1, 0.15) is 0 Å². The monoisotopic (exact) mass is 283 g/mol. The fourth-order valence-electron chi connectivity index (χ4n) is 2.68. The number of nitrogens with one attached hydrogen (secondary N) is 1. The Morgan fingerprint density at radius 2 is 1.30 bits per heavy atom. The highest BCUT2D eigenvalue weighted by Crippen LogP contribution is 2.32. The Kier molecular flexibility index (Phi) is 11.6. The lowest BCUT2D eigenvalue weighted by Crippen LogP contribution is -2.39. The molecule has 0 fully saturated rings. The van der Waals surface area contributed by atoms with E-state index in [0.717, 1.165) is 5.92 Å². The molecule has 0 amide bonds. The summed E-state index contributed by atoms with van der Waals surface area (Å²) in [7, 11) is 0. The lowest BCUT2D eigenvalue weighted by atomic mass is 9.75. The van der Waals surface area contributed by atoms with Crippen LogP contribution in [0.5, 0.6) is 0 Å². The van der Waals surface area contributed by atoms with Crippen LogP contribution in [0.1, 0.15) is 99.3 Å². The number of hydrogen-bond donors (Lipinski definition) is 1. The highest BCUT2D eigenvalue weighted by molar-refractivity contribution is 4.80. The topological polar surface area (TPSA) is 12.0 Å². The van der Waals surface area contributed by atoms with Gasteiger partial charge in [0.15, 0.2) is 0 Å². The molecule has 0 aliphatic heterocycles. The lowest BCUT2D eigenvalue weighted by molar-refractivity contribution is 0.180. The molecule has 0 rings (SSSR count). The third-order valence-electron chi connectivity index (χ3n) is 4.91. The third kappa shape index (κ3) is 9.80. The van der Waals surface area contributed by atoms with Gasteiger partial charge < -0.3 is 5.32 Å². The van der Waals surface area contributed by atoms with E-state index < -0.39 is 0 Å². The molecular weight excluding hydrogens is 242 g/mol. The maximum Gasteiger partial charge on any atom is 0.00106 e. The summed E-state index contributed by atoms with van der Waals surface area (Å²) in [5.41, 5.74) is 0.465. The summed E-state index contributed by atoms with van der Waals surface area (Å²) in [4.78, 5) is 0. The Morgan fingerprint density at radius 3 is 1.75 bits per heavy atom. The van der Waals surface area contributed by atoms with Gasteiger partial charge in [0, 0.05) is 12.6 Å². The second-order valence-electron chi connectivity index (χ2n) is 7.57. The maximum atomic E-state index is 3.64. The molecule has 0 heterocycles. The summed E-state index contributed by atoms with van der Waals surface area (Å²) in [6.45, 7) is 15.2. The number of unbranched alkanes of at least 4 members (excludes halogenated alkanes) is 7. The van der Waals surface area contributed by atoms with Crippen LogP contribution in [0.2, 0.25) is 0 Å². The summed E-state index contributed by atoms with van der Waals surface area (Å²) in [6.07, 6.45) is 12.8. The van der Waals surface area contributed by atoms with Crippen molar-refractivity contribution < 1.29 is 0 Å². The van der Waals surface area contributed by atoms with Gasteiger partial charge in [-0.25, -0.2) is 0 Å². The van der Waals surface area contributed by atoms with E-state index in [0.29, 0.717) is 11.5 Å². The average Bonchev–Trinajstić information content (AvgIpc) is 2.39. The third-order valence-corrected chi connectivity index (χ3v) is 4.91. The first kappa shape index (κ1) is 20.0. The van der Waals surface area contributed by atoms with Gasteiger partial charge in [-0.15, -0.1) is 0 Å². The number of rotatable bonds is 13. The van der Waals surface area contributed by atoms with Crippen molar-refractivity contribution in [2.75, 3.05) is 6.54 Å². The molecule has 0 aromatic heterocycles. The standard InChI is InChI=1S/C19H41N/c1-7-8-9-10-11-12-13-14-15-19(6,17(2)3)16-20-18(4)5/h17-18,20H,7-16H2,1-6H3. The minimum absolute atomic E-state index is 0.465. The second kappa shape index (κ2) is 11.6. The van der Waals surface area contributed by atoms with Gasteiger partial charge in [-0.2, -0.15) is 0 Å². The molecule has 122 valence electrons. The minimum atomic E-state index is 0.465.